The van der Waals surface area contributed by atoms with Gasteiger partial charge in [-0.2, -0.15) is 0 Å². The molecule has 0 spiro atoms. The summed E-state index contributed by atoms with van der Waals surface area (Å²) in [5, 5.41) is 11.8. The first-order chi connectivity index (χ1) is 17.3. The van der Waals surface area contributed by atoms with Gasteiger partial charge in [0, 0.05) is 43.0 Å². The Morgan fingerprint density at radius 1 is 1.11 bits per heavy atom. The number of hydrogen-bond acceptors (Lipinski definition) is 4. The maximum atomic E-state index is 14.2. The highest BCUT2D eigenvalue weighted by atomic mass is 19.1. The molecule has 1 aliphatic heterocycles. The number of halogens is 1. The van der Waals surface area contributed by atoms with Crippen LogP contribution < -0.4 is 5.56 Å². The van der Waals surface area contributed by atoms with E-state index in [0.29, 0.717) is 19.5 Å². The Balaban J connectivity index is 1.31. The zero-order chi connectivity index (χ0) is 25.3. The summed E-state index contributed by atoms with van der Waals surface area (Å²) in [4.78, 5) is 32.3. The summed E-state index contributed by atoms with van der Waals surface area (Å²) in [6.45, 7) is 3.17. The van der Waals surface area contributed by atoms with Crippen LogP contribution in [0.25, 0.3) is 11.3 Å². The molecule has 3 aromatic rings. The van der Waals surface area contributed by atoms with Gasteiger partial charge in [-0.25, -0.2) is 9.37 Å². The third-order valence-corrected chi connectivity index (χ3v) is 8.06. The number of likely N-dealkylation sites (tertiary alicyclic amines) is 1. The molecule has 1 saturated heterocycles. The van der Waals surface area contributed by atoms with Crippen molar-refractivity contribution in [3.63, 3.8) is 0 Å². The van der Waals surface area contributed by atoms with Crippen LogP contribution in [0.2, 0.25) is 0 Å². The molecule has 1 N–H and O–H groups in total. The highest BCUT2D eigenvalue weighted by molar-refractivity contribution is 5.77. The van der Waals surface area contributed by atoms with E-state index in [2.05, 4.69) is 11.9 Å². The number of amides is 1. The minimum atomic E-state index is -1.09. The fourth-order valence-corrected chi connectivity index (χ4v) is 5.94. The normalized spacial score (nSPS) is 24.4. The van der Waals surface area contributed by atoms with Crippen LogP contribution in [0, 0.1) is 17.7 Å². The Bertz CT molecular complexity index is 1280. The molecule has 1 aromatic heterocycles. The van der Waals surface area contributed by atoms with Gasteiger partial charge in [-0.3, -0.25) is 14.2 Å². The number of nitrogens with zero attached hydrogens (tertiary/aromatic N) is 3. The molecule has 7 heteroatoms. The lowest BCUT2D eigenvalue weighted by molar-refractivity contribution is -0.164. The van der Waals surface area contributed by atoms with Gasteiger partial charge in [0.05, 0.1) is 24.2 Å². The first kappa shape index (κ1) is 24.4. The van der Waals surface area contributed by atoms with Crippen molar-refractivity contribution in [1.82, 2.24) is 14.5 Å². The molecule has 2 aromatic carbocycles. The van der Waals surface area contributed by atoms with Gasteiger partial charge in [0.15, 0.2) is 0 Å². The lowest BCUT2D eigenvalue weighted by Gasteiger charge is -2.53. The Morgan fingerprint density at radius 2 is 1.78 bits per heavy atom. The van der Waals surface area contributed by atoms with E-state index in [9.17, 15) is 19.1 Å². The number of aromatic nitrogens is 2. The van der Waals surface area contributed by atoms with E-state index >= 15 is 0 Å². The van der Waals surface area contributed by atoms with Crippen LogP contribution in [-0.2, 0) is 11.3 Å². The summed E-state index contributed by atoms with van der Waals surface area (Å²) in [5.74, 6) is -0.428. The molecule has 2 bridgehead atoms. The maximum absolute atomic E-state index is 14.2. The van der Waals surface area contributed by atoms with Gasteiger partial charge in [0.25, 0.3) is 5.56 Å². The quantitative estimate of drug-likeness (QED) is 0.562. The Morgan fingerprint density at radius 3 is 2.44 bits per heavy atom. The highest BCUT2D eigenvalue weighted by Gasteiger charge is 2.51. The molecule has 2 aliphatic rings. The van der Waals surface area contributed by atoms with Crippen molar-refractivity contribution in [3.05, 3.63) is 88.7 Å². The molecule has 188 valence electrons. The summed E-state index contributed by atoms with van der Waals surface area (Å²) in [7, 11) is 0. The number of rotatable bonds is 6. The molecule has 0 radical (unpaired) electrons. The molecular formula is C29H32FN3O3. The molecule has 1 saturated carbocycles. The van der Waals surface area contributed by atoms with E-state index in [0.717, 1.165) is 24.8 Å². The van der Waals surface area contributed by atoms with Crippen LogP contribution in [-0.4, -0.2) is 44.2 Å². The van der Waals surface area contributed by atoms with Crippen LogP contribution in [0.3, 0.4) is 0 Å². The fraction of sp³-hybridized carbons (Fsp3) is 0.414. The van der Waals surface area contributed by atoms with Crippen molar-refractivity contribution in [1.29, 1.82) is 0 Å². The van der Waals surface area contributed by atoms with Crippen molar-refractivity contribution in [2.45, 2.75) is 50.7 Å². The van der Waals surface area contributed by atoms with Crippen LogP contribution >= 0.6 is 0 Å². The summed E-state index contributed by atoms with van der Waals surface area (Å²) < 4.78 is 15.6. The summed E-state index contributed by atoms with van der Waals surface area (Å²) in [6.07, 6.45) is 4.44. The lowest BCUT2D eigenvalue weighted by Crippen LogP contribution is -2.63. The Kier molecular flexibility index (Phi) is 6.75. The largest absolute Gasteiger partial charge is 0.387 e. The van der Waals surface area contributed by atoms with Crippen molar-refractivity contribution < 1.29 is 14.3 Å². The van der Waals surface area contributed by atoms with E-state index < -0.39 is 11.4 Å². The fourth-order valence-electron chi connectivity index (χ4n) is 5.94. The van der Waals surface area contributed by atoms with Crippen LogP contribution in [0.1, 0.15) is 44.1 Å². The molecule has 6 nitrogen and oxygen atoms in total. The van der Waals surface area contributed by atoms with Gasteiger partial charge in [0.1, 0.15) is 5.82 Å². The van der Waals surface area contributed by atoms with Crippen molar-refractivity contribution in [2.75, 3.05) is 13.1 Å². The van der Waals surface area contributed by atoms with Crippen LogP contribution in [0.15, 0.2) is 71.8 Å². The van der Waals surface area contributed by atoms with Gasteiger partial charge in [-0.05, 0) is 36.5 Å². The van der Waals surface area contributed by atoms with Gasteiger partial charge < -0.3 is 10.0 Å². The number of benzene rings is 2. The number of fused-ring (bicyclic) bond motifs is 2. The molecular weight excluding hydrogens is 457 g/mol. The van der Waals surface area contributed by atoms with Gasteiger partial charge in [-0.15, -0.1) is 0 Å². The van der Waals surface area contributed by atoms with E-state index in [4.69, 9.17) is 0 Å². The Hall–Kier alpha value is -3.32. The molecule has 1 aliphatic carbocycles. The maximum Gasteiger partial charge on any atom is 0.253 e. The third kappa shape index (κ3) is 4.72. The minimum absolute atomic E-state index is 0.110. The van der Waals surface area contributed by atoms with E-state index in [1.165, 1.54) is 23.0 Å². The Labute approximate surface area is 210 Å². The second-order valence-corrected chi connectivity index (χ2v) is 10.4. The van der Waals surface area contributed by atoms with Gasteiger partial charge in [-0.1, -0.05) is 55.8 Å². The summed E-state index contributed by atoms with van der Waals surface area (Å²) in [6, 6.07) is 17.6. The topological polar surface area (TPSA) is 75.4 Å². The first-order valence-corrected chi connectivity index (χ1v) is 12.7. The number of carbonyl (C=O) groups excluding carboxylic acids is 1. The second kappa shape index (κ2) is 9.97. The average Bonchev–Trinajstić information content (AvgIpc) is 2.86. The molecule has 5 rings (SSSR count). The zero-order valence-electron chi connectivity index (χ0n) is 20.5. The summed E-state index contributed by atoms with van der Waals surface area (Å²) >= 11 is 0. The monoisotopic (exact) mass is 489 g/mol. The average molecular weight is 490 g/mol. The molecule has 2 fully saturated rings. The smallest absolute Gasteiger partial charge is 0.253 e. The van der Waals surface area contributed by atoms with E-state index in [-0.39, 0.29) is 47.0 Å². The molecule has 4 atom stereocenters. The van der Waals surface area contributed by atoms with Gasteiger partial charge >= 0.3 is 0 Å². The van der Waals surface area contributed by atoms with Crippen molar-refractivity contribution >= 4 is 5.91 Å². The van der Waals surface area contributed by atoms with Crippen molar-refractivity contribution in [3.8, 4) is 11.3 Å². The van der Waals surface area contributed by atoms with Crippen LogP contribution in [0.4, 0.5) is 4.39 Å². The minimum Gasteiger partial charge on any atom is -0.387 e. The number of carbonyl (C=O) groups is 1. The molecule has 36 heavy (non-hydrogen) atoms. The van der Waals surface area contributed by atoms with Crippen molar-refractivity contribution in [2.24, 2.45) is 11.8 Å². The summed E-state index contributed by atoms with van der Waals surface area (Å²) in [5.41, 5.74) is 0.268. The zero-order valence-corrected chi connectivity index (χ0v) is 20.5. The van der Waals surface area contributed by atoms with E-state index in [1.54, 1.807) is 18.2 Å². The number of aliphatic hydroxyl groups is 1. The molecule has 2 heterocycles. The van der Waals surface area contributed by atoms with Gasteiger partial charge in [0.2, 0.25) is 5.91 Å². The predicted octanol–water partition coefficient (Wildman–Crippen LogP) is 4.23. The van der Waals surface area contributed by atoms with E-state index in [1.807, 2.05) is 35.2 Å². The second-order valence-electron chi connectivity index (χ2n) is 10.4. The number of hydrogen-bond donors (Lipinski definition) is 1. The highest BCUT2D eigenvalue weighted by Crippen LogP contribution is 2.44. The number of piperidine rings is 1. The first-order valence-electron chi connectivity index (χ1n) is 12.7. The van der Waals surface area contributed by atoms with Crippen LogP contribution in [0.5, 0.6) is 0 Å². The lowest BCUT2D eigenvalue weighted by atomic mass is 9.65. The SMILES string of the molecule is C[C@H](CC(=O)N1C[C@H]2CCC[C@@H](C1)C2(O)Cn1cnc(-c2ccccc2F)cc1=O)c1ccccc1. The third-order valence-electron chi connectivity index (χ3n) is 8.06. The molecule has 1 amide bonds. The predicted molar refractivity (Wildman–Crippen MR) is 136 cm³/mol. The molecule has 1 unspecified atom stereocenters. The standard InChI is InChI=1S/C29H32FN3O3/c1-20(21-8-3-2-4-9-21)14-27(34)32-16-22-10-7-11-23(17-32)29(22,36)18-33-19-31-26(15-28(33)35)24-12-5-6-13-25(24)30/h2-6,8-9,12-13,15,19-20,22-23,36H,7,10-11,14,16-18H2,1H3/t20-,22-,23+,29?/m1/s1.